The van der Waals surface area contributed by atoms with Crippen molar-refractivity contribution in [1.29, 1.82) is 0 Å². The number of carbonyl (C=O) groups excluding carboxylic acids is 2. The highest BCUT2D eigenvalue weighted by atomic mass is 16.2. The van der Waals surface area contributed by atoms with Crippen molar-refractivity contribution in [2.45, 2.75) is 20.3 Å². The van der Waals surface area contributed by atoms with Crippen molar-refractivity contribution in [1.82, 2.24) is 9.80 Å². The van der Waals surface area contributed by atoms with Gasteiger partial charge in [0.25, 0.3) is 5.91 Å². The maximum absolute atomic E-state index is 13.0. The van der Waals surface area contributed by atoms with Gasteiger partial charge in [-0.3, -0.25) is 9.59 Å². The van der Waals surface area contributed by atoms with E-state index in [1.807, 2.05) is 78.2 Å². The van der Waals surface area contributed by atoms with Crippen LogP contribution in [0.25, 0.3) is 11.1 Å². The first-order valence-electron chi connectivity index (χ1n) is 9.30. The smallest absolute Gasteiger partial charge is 0.253 e. The van der Waals surface area contributed by atoms with Gasteiger partial charge in [0.15, 0.2) is 0 Å². The molecule has 0 saturated carbocycles. The Morgan fingerprint density at radius 2 is 1.46 bits per heavy atom. The molecule has 136 valence electrons. The average molecular weight is 350 g/mol. The fraction of sp³-hybridized carbons (Fsp3) is 0.364. The minimum absolute atomic E-state index is 0.000180. The highest BCUT2D eigenvalue weighted by Gasteiger charge is 2.24. The number of hydrogen-bond acceptors (Lipinski definition) is 2. The van der Waals surface area contributed by atoms with Crippen molar-refractivity contribution in [2.75, 3.05) is 26.2 Å². The highest BCUT2D eigenvalue weighted by Crippen LogP contribution is 2.21. The molecule has 26 heavy (non-hydrogen) atoms. The summed E-state index contributed by atoms with van der Waals surface area (Å²) in [6.07, 6.45) is 0.822. The SMILES string of the molecule is CC(C)C(=O)N1CCCN(C(=O)c2cccc(-c3ccccc3)c2)CC1. The Balaban J connectivity index is 1.73. The number of rotatable bonds is 3. The zero-order valence-electron chi connectivity index (χ0n) is 15.5. The molecule has 3 rings (SSSR count). The van der Waals surface area contributed by atoms with E-state index in [0.717, 1.165) is 24.1 Å². The van der Waals surface area contributed by atoms with Gasteiger partial charge in [0.2, 0.25) is 5.91 Å². The topological polar surface area (TPSA) is 40.6 Å². The quantitative estimate of drug-likeness (QED) is 0.847. The summed E-state index contributed by atoms with van der Waals surface area (Å²) in [6.45, 7) is 6.46. The van der Waals surface area contributed by atoms with Gasteiger partial charge in [-0.25, -0.2) is 0 Å². The van der Waals surface area contributed by atoms with Crippen molar-refractivity contribution in [2.24, 2.45) is 5.92 Å². The molecule has 4 heteroatoms. The molecule has 2 aromatic carbocycles. The second kappa shape index (κ2) is 8.17. The maximum Gasteiger partial charge on any atom is 0.253 e. The summed E-state index contributed by atoms with van der Waals surface area (Å²) in [5, 5.41) is 0. The third kappa shape index (κ3) is 4.13. The van der Waals surface area contributed by atoms with Crippen LogP contribution >= 0.6 is 0 Å². The van der Waals surface area contributed by atoms with Gasteiger partial charge in [-0.05, 0) is 29.7 Å². The van der Waals surface area contributed by atoms with E-state index in [9.17, 15) is 9.59 Å². The van der Waals surface area contributed by atoms with Crippen LogP contribution in [-0.4, -0.2) is 47.8 Å². The van der Waals surface area contributed by atoms with Crippen LogP contribution in [-0.2, 0) is 4.79 Å². The molecule has 0 spiro atoms. The second-order valence-electron chi connectivity index (χ2n) is 7.07. The molecular weight excluding hydrogens is 324 g/mol. The van der Waals surface area contributed by atoms with E-state index in [0.29, 0.717) is 25.2 Å². The molecule has 0 unspecified atom stereocenters. The number of carbonyl (C=O) groups is 2. The van der Waals surface area contributed by atoms with Gasteiger partial charge in [0.1, 0.15) is 0 Å². The summed E-state index contributed by atoms with van der Waals surface area (Å²) in [5.74, 6) is 0.215. The first-order chi connectivity index (χ1) is 12.6. The van der Waals surface area contributed by atoms with Crippen LogP contribution in [0.2, 0.25) is 0 Å². The highest BCUT2D eigenvalue weighted by molar-refractivity contribution is 5.95. The molecule has 0 aliphatic carbocycles. The molecule has 1 fully saturated rings. The van der Waals surface area contributed by atoms with Crippen molar-refractivity contribution in [3.63, 3.8) is 0 Å². The Morgan fingerprint density at radius 3 is 2.19 bits per heavy atom. The fourth-order valence-corrected chi connectivity index (χ4v) is 3.35. The van der Waals surface area contributed by atoms with Crippen molar-refractivity contribution >= 4 is 11.8 Å². The molecule has 1 saturated heterocycles. The van der Waals surface area contributed by atoms with Crippen LogP contribution in [0.4, 0.5) is 0 Å². The van der Waals surface area contributed by atoms with E-state index in [4.69, 9.17) is 0 Å². The van der Waals surface area contributed by atoms with Crippen LogP contribution in [0.15, 0.2) is 54.6 Å². The summed E-state index contributed by atoms with van der Waals surface area (Å²) in [4.78, 5) is 29.0. The van der Waals surface area contributed by atoms with Crippen LogP contribution in [0.5, 0.6) is 0 Å². The molecule has 0 aromatic heterocycles. The molecule has 2 aromatic rings. The number of benzene rings is 2. The lowest BCUT2D eigenvalue weighted by molar-refractivity contribution is -0.134. The maximum atomic E-state index is 13.0. The third-order valence-electron chi connectivity index (χ3n) is 4.81. The van der Waals surface area contributed by atoms with Gasteiger partial charge in [-0.15, -0.1) is 0 Å². The lowest BCUT2D eigenvalue weighted by Crippen LogP contribution is -2.38. The fourth-order valence-electron chi connectivity index (χ4n) is 3.35. The normalized spacial score (nSPS) is 15.0. The predicted molar refractivity (Wildman–Crippen MR) is 104 cm³/mol. The van der Waals surface area contributed by atoms with Crippen LogP contribution in [0.3, 0.4) is 0 Å². The summed E-state index contributed by atoms with van der Waals surface area (Å²) < 4.78 is 0. The summed E-state index contributed by atoms with van der Waals surface area (Å²) >= 11 is 0. The molecule has 0 N–H and O–H groups in total. The van der Waals surface area contributed by atoms with Crippen LogP contribution in [0, 0.1) is 5.92 Å². The molecule has 0 atom stereocenters. The lowest BCUT2D eigenvalue weighted by Gasteiger charge is -2.23. The van der Waals surface area contributed by atoms with Crippen molar-refractivity contribution < 1.29 is 9.59 Å². The number of hydrogen-bond donors (Lipinski definition) is 0. The first kappa shape index (κ1) is 18.2. The minimum atomic E-state index is -0.000180. The molecule has 1 aliphatic heterocycles. The van der Waals surface area contributed by atoms with Crippen LogP contribution in [0.1, 0.15) is 30.6 Å². The van der Waals surface area contributed by atoms with Crippen molar-refractivity contribution in [3.05, 3.63) is 60.2 Å². The molecule has 1 aliphatic rings. The van der Waals surface area contributed by atoms with E-state index >= 15 is 0 Å². The standard InChI is InChI=1S/C22H26N2O2/c1-17(2)21(25)23-12-7-13-24(15-14-23)22(26)20-11-6-10-19(16-20)18-8-4-3-5-9-18/h3-6,8-11,16-17H,7,12-15H2,1-2H3. The van der Waals surface area contributed by atoms with Crippen molar-refractivity contribution in [3.8, 4) is 11.1 Å². The summed E-state index contributed by atoms with van der Waals surface area (Å²) in [6, 6.07) is 17.9. The number of nitrogens with zero attached hydrogens (tertiary/aromatic N) is 2. The Morgan fingerprint density at radius 1 is 0.808 bits per heavy atom. The molecule has 0 bridgehead atoms. The molecule has 4 nitrogen and oxygen atoms in total. The Labute approximate surface area is 155 Å². The second-order valence-corrected chi connectivity index (χ2v) is 7.07. The van der Waals surface area contributed by atoms with E-state index in [2.05, 4.69) is 0 Å². The molecule has 1 heterocycles. The van der Waals surface area contributed by atoms with E-state index < -0.39 is 0 Å². The lowest BCUT2D eigenvalue weighted by atomic mass is 10.0. The molecule has 0 radical (unpaired) electrons. The Hall–Kier alpha value is -2.62. The number of amides is 2. The van der Waals surface area contributed by atoms with Crippen LogP contribution < -0.4 is 0 Å². The van der Waals surface area contributed by atoms with Gasteiger partial charge in [-0.2, -0.15) is 0 Å². The molecule has 2 amide bonds. The van der Waals surface area contributed by atoms with Gasteiger partial charge >= 0.3 is 0 Å². The van der Waals surface area contributed by atoms with E-state index in [1.165, 1.54) is 0 Å². The third-order valence-corrected chi connectivity index (χ3v) is 4.81. The summed E-state index contributed by atoms with van der Waals surface area (Å²) in [5.41, 5.74) is 2.85. The monoisotopic (exact) mass is 350 g/mol. The van der Waals surface area contributed by atoms with E-state index in [-0.39, 0.29) is 17.7 Å². The average Bonchev–Trinajstić information content (AvgIpc) is 2.93. The minimum Gasteiger partial charge on any atom is -0.341 e. The van der Waals surface area contributed by atoms with Gasteiger partial charge in [0.05, 0.1) is 0 Å². The molecular formula is C22H26N2O2. The van der Waals surface area contributed by atoms with Gasteiger partial charge in [0, 0.05) is 37.7 Å². The first-order valence-corrected chi connectivity index (χ1v) is 9.30. The van der Waals surface area contributed by atoms with Gasteiger partial charge < -0.3 is 9.80 Å². The predicted octanol–water partition coefficient (Wildman–Crippen LogP) is 3.68. The Kier molecular flexibility index (Phi) is 5.71. The summed E-state index contributed by atoms with van der Waals surface area (Å²) in [7, 11) is 0. The largest absolute Gasteiger partial charge is 0.341 e. The van der Waals surface area contributed by atoms with Gasteiger partial charge in [-0.1, -0.05) is 56.3 Å². The Bertz CT molecular complexity index is 771. The zero-order chi connectivity index (χ0) is 18.5. The van der Waals surface area contributed by atoms with E-state index in [1.54, 1.807) is 0 Å². The zero-order valence-corrected chi connectivity index (χ0v) is 15.5.